The molecule has 1 N–H and O–H groups in total. The van der Waals surface area contributed by atoms with Gasteiger partial charge in [-0.2, -0.15) is 18.4 Å². The smallest absolute Gasteiger partial charge is 0.326 e. The van der Waals surface area contributed by atoms with Crippen LogP contribution in [0.15, 0.2) is 48.5 Å². The Morgan fingerprint density at radius 1 is 1.11 bits per heavy atom. The van der Waals surface area contributed by atoms with Gasteiger partial charge in [0.1, 0.15) is 5.92 Å². The molecular weight excluding hydrogens is 381 g/mol. The molecule has 1 amide bonds. The predicted octanol–water partition coefficient (Wildman–Crippen LogP) is 4.95. The lowest BCUT2D eigenvalue weighted by Gasteiger charge is -2.11. The molecule has 0 spiro atoms. The minimum absolute atomic E-state index is 0.0168. The summed E-state index contributed by atoms with van der Waals surface area (Å²) in [6, 6.07) is 12.3. The van der Waals surface area contributed by atoms with Crippen molar-refractivity contribution in [1.82, 2.24) is 0 Å². The Hall–Kier alpha value is -2.85. The first-order valence-electron chi connectivity index (χ1n) is 7.85. The maximum absolute atomic E-state index is 12.7. The molecule has 0 bridgehead atoms. The van der Waals surface area contributed by atoms with E-state index in [-0.39, 0.29) is 18.5 Å². The highest BCUT2D eigenvalue weighted by Crippen LogP contribution is 2.30. The first kappa shape index (κ1) is 20.5. The average Bonchev–Trinajstić information content (AvgIpc) is 2.62. The Kier molecular flexibility index (Phi) is 6.59. The molecule has 27 heavy (non-hydrogen) atoms. The molecule has 2 aromatic carbocycles. The van der Waals surface area contributed by atoms with Gasteiger partial charge in [-0.05, 0) is 35.9 Å². The molecule has 140 valence electrons. The highest BCUT2D eigenvalue weighted by atomic mass is 35.5. The molecule has 8 heteroatoms. The Bertz CT molecular complexity index is 874. The van der Waals surface area contributed by atoms with Crippen LogP contribution >= 0.6 is 11.6 Å². The lowest BCUT2D eigenvalue weighted by Crippen LogP contribution is -2.17. The SMILES string of the molecule is N#CC(C(=O)CCC(=O)Nc1cccc(C(F)(F)F)c1)c1ccc(Cl)cc1. The summed E-state index contributed by atoms with van der Waals surface area (Å²) >= 11 is 5.77. The lowest BCUT2D eigenvalue weighted by atomic mass is 9.93. The van der Waals surface area contributed by atoms with E-state index in [1.165, 1.54) is 12.1 Å². The van der Waals surface area contributed by atoms with E-state index >= 15 is 0 Å². The number of ketones is 1. The van der Waals surface area contributed by atoms with Gasteiger partial charge in [-0.1, -0.05) is 29.8 Å². The first-order valence-corrected chi connectivity index (χ1v) is 8.23. The molecule has 0 heterocycles. The minimum atomic E-state index is -4.52. The largest absolute Gasteiger partial charge is 0.416 e. The Labute approximate surface area is 158 Å². The zero-order chi connectivity index (χ0) is 20.0. The number of anilines is 1. The molecule has 2 rings (SSSR count). The number of benzene rings is 2. The van der Waals surface area contributed by atoms with Crippen LogP contribution in [0.2, 0.25) is 5.02 Å². The second-order valence-corrected chi connectivity index (χ2v) is 6.14. The fraction of sp³-hybridized carbons (Fsp3) is 0.211. The minimum Gasteiger partial charge on any atom is -0.326 e. The number of hydrogen-bond acceptors (Lipinski definition) is 3. The third-order valence-corrected chi connectivity index (χ3v) is 3.98. The predicted molar refractivity (Wildman–Crippen MR) is 94.1 cm³/mol. The van der Waals surface area contributed by atoms with E-state index in [1.807, 2.05) is 6.07 Å². The summed E-state index contributed by atoms with van der Waals surface area (Å²) in [5.74, 6) is -2.11. The highest BCUT2D eigenvalue weighted by molar-refractivity contribution is 6.30. The van der Waals surface area contributed by atoms with Crippen LogP contribution in [-0.4, -0.2) is 11.7 Å². The second kappa shape index (κ2) is 8.69. The standard InChI is InChI=1S/C19H14ClF3N2O2/c20-14-6-4-12(5-7-14)16(11-24)17(26)8-9-18(27)25-15-3-1-2-13(10-15)19(21,22)23/h1-7,10,16H,8-9H2,(H,25,27). The molecule has 1 unspecified atom stereocenters. The van der Waals surface area contributed by atoms with Crippen LogP contribution in [0.1, 0.15) is 29.9 Å². The molecule has 4 nitrogen and oxygen atoms in total. The number of nitriles is 1. The van der Waals surface area contributed by atoms with Crippen molar-refractivity contribution in [1.29, 1.82) is 5.26 Å². The summed E-state index contributed by atoms with van der Waals surface area (Å²) in [4.78, 5) is 24.1. The Morgan fingerprint density at radius 2 is 1.78 bits per heavy atom. The van der Waals surface area contributed by atoms with Crippen LogP contribution < -0.4 is 5.32 Å². The van der Waals surface area contributed by atoms with Crippen molar-refractivity contribution in [2.75, 3.05) is 5.32 Å². The van der Waals surface area contributed by atoms with E-state index in [0.717, 1.165) is 12.1 Å². The van der Waals surface area contributed by atoms with Crippen molar-refractivity contribution in [2.24, 2.45) is 0 Å². The molecule has 0 saturated carbocycles. The van der Waals surface area contributed by atoms with E-state index < -0.39 is 29.3 Å². The van der Waals surface area contributed by atoms with Gasteiger partial charge in [0.05, 0.1) is 11.6 Å². The monoisotopic (exact) mass is 394 g/mol. The zero-order valence-corrected chi connectivity index (χ0v) is 14.6. The molecule has 0 saturated heterocycles. The van der Waals surface area contributed by atoms with Crippen molar-refractivity contribution < 1.29 is 22.8 Å². The van der Waals surface area contributed by atoms with E-state index in [9.17, 15) is 28.0 Å². The number of amides is 1. The Morgan fingerprint density at radius 3 is 2.37 bits per heavy atom. The summed E-state index contributed by atoms with van der Waals surface area (Å²) < 4.78 is 38.0. The van der Waals surface area contributed by atoms with Crippen molar-refractivity contribution in [3.63, 3.8) is 0 Å². The highest BCUT2D eigenvalue weighted by Gasteiger charge is 2.30. The number of alkyl halides is 3. The van der Waals surface area contributed by atoms with Gasteiger partial charge >= 0.3 is 6.18 Å². The number of carbonyl (C=O) groups excluding carboxylic acids is 2. The van der Waals surface area contributed by atoms with Gasteiger partial charge in [0.25, 0.3) is 0 Å². The molecule has 0 fully saturated rings. The van der Waals surface area contributed by atoms with Gasteiger partial charge in [-0.15, -0.1) is 0 Å². The summed E-state index contributed by atoms with van der Waals surface area (Å²) in [5.41, 5.74) is -0.439. The second-order valence-electron chi connectivity index (χ2n) is 5.71. The normalized spacial score (nSPS) is 12.1. The molecule has 0 radical (unpaired) electrons. The van der Waals surface area contributed by atoms with E-state index in [2.05, 4.69) is 5.32 Å². The molecule has 0 aliphatic carbocycles. The molecule has 0 aromatic heterocycles. The molecule has 0 aliphatic rings. The number of halogens is 4. The number of nitrogens with one attached hydrogen (secondary N) is 1. The number of Topliss-reactive ketones (excluding diaryl/α,β-unsaturated/α-hetero) is 1. The number of nitrogens with zero attached hydrogens (tertiary/aromatic N) is 1. The van der Waals surface area contributed by atoms with E-state index in [4.69, 9.17) is 11.6 Å². The number of carbonyl (C=O) groups is 2. The topological polar surface area (TPSA) is 70.0 Å². The third kappa shape index (κ3) is 5.83. The van der Waals surface area contributed by atoms with Crippen LogP contribution in [0.25, 0.3) is 0 Å². The Balaban J connectivity index is 1.96. The van der Waals surface area contributed by atoms with E-state index in [0.29, 0.717) is 10.6 Å². The first-order chi connectivity index (χ1) is 12.7. The van der Waals surface area contributed by atoms with Gasteiger partial charge in [-0.25, -0.2) is 0 Å². The van der Waals surface area contributed by atoms with Gasteiger partial charge in [0.15, 0.2) is 5.78 Å². The fourth-order valence-electron chi connectivity index (χ4n) is 2.37. The fourth-order valence-corrected chi connectivity index (χ4v) is 2.49. The molecule has 1 atom stereocenters. The van der Waals surface area contributed by atoms with Crippen LogP contribution in [0.5, 0.6) is 0 Å². The maximum atomic E-state index is 12.7. The van der Waals surface area contributed by atoms with Crippen molar-refractivity contribution in [3.8, 4) is 6.07 Å². The molecule has 2 aromatic rings. The van der Waals surface area contributed by atoms with Crippen LogP contribution in [0.4, 0.5) is 18.9 Å². The quantitative estimate of drug-likeness (QED) is 0.753. The van der Waals surface area contributed by atoms with Gasteiger partial charge in [-0.3, -0.25) is 9.59 Å². The van der Waals surface area contributed by atoms with E-state index in [1.54, 1.807) is 24.3 Å². The van der Waals surface area contributed by atoms with Gasteiger partial charge < -0.3 is 5.32 Å². The molecule has 0 aliphatic heterocycles. The number of rotatable bonds is 6. The lowest BCUT2D eigenvalue weighted by molar-refractivity contribution is -0.137. The van der Waals surface area contributed by atoms with Crippen molar-refractivity contribution in [3.05, 3.63) is 64.7 Å². The zero-order valence-electron chi connectivity index (χ0n) is 13.9. The van der Waals surface area contributed by atoms with Gasteiger partial charge in [0, 0.05) is 23.6 Å². The van der Waals surface area contributed by atoms with Crippen molar-refractivity contribution in [2.45, 2.75) is 24.9 Å². The van der Waals surface area contributed by atoms with Crippen molar-refractivity contribution >= 4 is 29.0 Å². The average molecular weight is 395 g/mol. The summed E-state index contributed by atoms with van der Waals surface area (Å²) in [6.45, 7) is 0. The summed E-state index contributed by atoms with van der Waals surface area (Å²) in [6.07, 6.45) is -4.98. The van der Waals surface area contributed by atoms with Crippen LogP contribution in [-0.2, 0) is 15.8 Å². The number of hydrogen-bond donors (Lipinski definition) is 1. The molecular formula is C19H14ClF3N2O2. The summed E-state index contributed by atoms with van der Waals surface area (Å²) in [7, 11) is 0. The van der Waals surface area contributed by atoms with Crippen LogP contribution in [0, 0.1) is 11.3 Å². The summed E-state index contributed by atoms with van der Waals surface area (Å²) in [5, 5.41) is 12.0. The third-order valence-electron chi connectivity index (χ3n) is 3.73. The van der Waals surface area contributed by atoms with Gasteiger partial charge in [0.2, 0.25) is 5.91 Å². The van der Waals surface area contributed by atoms with Crippen LogP contribution in [0.3, 0.4) is 0 Å². The maximum Gasteiger partial charge on any atom is 0.416 e.